The number of benzene rings is 1. The Morgan fingerprint density at radius 3 is 2.20 bits per heavy atom. The summed E-state index contributed by atoms with van der Waals surface area (Å²) >= 11 is 0. The predicted molar refractivity (Wildman–Crippen MR) is 125 cm³/mol. The van der Waals surface area contributed by atoms with Crippen molar-refractivity contribution in [2.75, 3.05) is 13.2 Å². The lowest BCUT2D eigenvalue weighted by atomic mass is 10.0. The van der Waals surface area contributed by atoms with Crippen molar-refractivity contribution in [3.63, 3.8) is 0 Å². The number of amides is 1. The van der Waals surface area contributed by atoms with Gasteiger partial charge in [-0.25, -0.2) is 14.4 Å². The zero-order chi connectivity index (χ0) is 26.4. The van der Waals surface area contributed by atoms with E-state index in [0.717, 1.165) is 5.56 Å². The van der Waals surface area contributed by atoms with E-state index in [1.807, 2.05) is 30.3 Å². The van der Waals surface area contributed by atoms with Gasteiger partial charge >= 0.3 is 23.9 Å². The summed E-state index contributed by atoms with van der Waals surface area (Å²) in [5, 5.41) is 27.9. The van der Waals surface area contributed by atoms with E-state index in [9.17, 15) is 29.1 Å². The zero-order valence-corrected chi connectivity index (χ0v) is 19.8. The first kappa shape index (κ1) is 29.3. The van der Waals surface area contributed by atoms with Crippen molar-refractivity contribution >= 4 is 29.8 Å². The first-order valence-electron chi connectivity index (χ1n) is 11.2. The summed E-state index contributed by atoms with van der Waals surface area (Å²) in [4.78, 5) is 56.8. The molecule has 3 atom stereocenters. The summed E-state index contributed by atoms with van der Waals surface area (Å²) < 4.78 is 5.14. The fourth-order valence-electron chi connectivity index (χ4n) is 3.52. The van der Waals surface area contributed by atoms with E-state index in [0.29, 0.717) is 44.4 Å². The van der Waals surface area contributed by atoms with Crippen LogP contribution in [0.4, 0.5) is 0 Å². The molecular formula is C24H32N2O9. The molecule has 1 amide bonds. The summed E-state index contributed by atoms with van der Waals surface area (Å²) in [5.41, 5.74) is 1.10. The van der Waals surface area contributed by atoms with Gasteiger partial charge in [-0.05, 0) is 45.1 Å². The number of esters is 1. The molecule has 0 aromatic heterocycles. The van der Waals surface area contributed by atoms with Gasteiger partial charge in [0, 0.05) is 18.7 Å². The molecule has 1 fully saturated rings. The number of nitrogens with one attached hydrogen (secondary N) is 1. The molecule has 1 saturated heterocycles. The van der Waals surface area contributed by atoms with Crippen molar-refractivity contribution in [2.24, 2.45) is 0 Å². The SMILES string of the molecule is CCOC(=O)C(CCc1ccccc1)NC(C)C(=O)N1CCC[C@H]1C(=O)O.O=C(O)/C=C\C(=O)O. The van der Waals surface area contributed by atoms with Crippen molar-refractivity contribution in [3.8, 4) is 0 Å². The number of nitrogens with zero attached hydrogens (tertiary/aromatic N) is 1. The number of aliphatic carboxylic acids is 3. The second-order valence-corrected chi connectivity index (χ2v) is 7.75. The molecule has 1 aliphatic rings. The van der Waals surface area contributed by atoms with Gasteiger partial charge in [-0.2, -0.15) is 0 Å². The lowest BCUT2D eigenvalue weighted by molar-refractivity contribution is -0.150. The minimum Gasteiger partial charge on any atom is -0.480 e. The Hall–Kier alpha value is -3.73. The van der Waals surface area contributed by atoms with Crippen LogP contribution < -0.4 is 5.32 Å². The summed E-state index contributed by atoms with van der Waals surface area (Å²) in [6.07, 6.45) is 3.40. The highest BCUT2D eigenvalue weighted by molar-refractivity contribution is 5.89. The Kier molecular flexibility index (Phi) is 12.7. The number of carbonyl (C=O) groups is 5. The summed E-state index contributed by atoms with van der Waals surface area (Å²) in [5.74, 6) is -4.20. The van der Waals surface area contributed by atoms with Gasteiger partial charge in [0.25, 0.3) is 0 Å². The number of carboxylic acid groups (broad SMARTS) is 3. The van der Waals surface area contributed by atoms with E-state index >= 15 is 0 Å². The summed E-state index contributed by atoms with van der Waals surface area (Å²) in [6.45, 7) is 4.09. The molecule has 1 aromatic carbocycles. The van der Waals surface area contributed by atoms with Crippen LogP contribution in [0, 0.1) is 0 Å². The molecule has 0 aliphatic carbocycles. The third-order valence-electron chi connectivity index (χ3n) is 5.15. The fraction of sp³-hybridized carbons (Fsp3) is 0.458. The van der Waals surface area contributed by atoms with Crippen LogP contribution >= 0.6 is 0 Å². The molecule has 11 nitrogen and oxygen atoms in total. The molecule has 0 bridgehead atoms. The molecule has 0 spiro atoms. The molecule has 192 valence electrons. The first-order valence-corrected chi connectivity index (χ1v) is 11.2. The number of rotatable bonds is 11. The van der Waals surface area contributed by atoms with Crippen LogP contribution in [-0.2, 0) is 35.1 Å². The highest BCUT2D eigenvalue weighted by Gasteiger charge is 2.36. The van der Waals surface area contributed by atoms with Gasteiger partial charge in [0.1, 0.15) is 12.1 Å². The third-order valence-corrected chi connectivity index (χ3v) is 5.15. The van der Waals surface area contributed by atoms with Crippen LogP contribution in [0.2, 0.25) is 0 Å². The summed E-state index contributed by atoms with van der Waals surface area (Å²) in [7, 11) is 0. The Morgan fingerprint density at radius 2 is 1.69 bits per heavy atom. The number of likely N-dealkylation sites (tertiary alicyclic amines) is 1. The van der Waals surface area contributed by atoms with Gasteiger partial charge < -0.3 is 25.0 Å². The molecule has 1 heterocycles. The largest absolute Gasteiger partial charge is 0.480 e. The van der Waals surface area contributed by atoms with E-state index < -0.39 is 42.0 Å². The number of carbonyl (C=O) groups excluding carboxylic acids is 2. The standard InChI is InChI=1S/C20H28N2O5.C4H4O4/c1-3-27-20(26)16(12-11-15-8-5-4-6-9-15)21-14(2)18(23)22-13-7-10-17(22)19(24)25;5-3(6)1-2-4(7)8/h4-6,8-9,14,16-17,21H,3,7,10-13H2,1-2H3,(H,24,25);1-2H,(H,5,6)(H,7,8)/b;2-1-/t14?,16?,17-;/m0./s1. The minimum atomic E-state index is -1.26. The lowest BCUT2D eigenvalue weighted by Gasteiger charge is -2.27. The number of ether oxygens (including phenoxy) is 1. The molecular weight excluding hydrogens is 460 g/mol. The zero-order valence-electron chi connectivity index (χ0n) is 19.8. The monoisotopic (exact) mass is 492 g/mol. The van der Waals surface area contributed by atoms with Crippen molar-refractivity contribution in [2.45, 2.75) is 57.7 Å². The maximum absolute atomic E-state index is 12.7. The molecule has 1 aliphatic heterocycles. The molecule has 35 heavy (non-hydrogen) atoms. The second kappa shape index (κ2) is 15.2. The topological polar surface area (TPSA) is 171 Å². The number of carboxylic acids is 3. The number of hydrogen-bond acceptors (Lipinski definition) is 7. The molecule has 4 N–H and O–H groups in total. The number of aryl methyl sites for hydroxylation is 1. The fourth-order valence-corrected chi connectivity index (χ4v) is 3.52. The summed E-state index contributed by atoms with van der Waals surface area (Å²) in [6, 6.07) is 7.69. The predicted octanol–water partition coefficient (Wildman–Crippen LogP) is 1.32. The van der Waals surface area contributed by atoms with E-state index in [4.69, 9.17) is 14.9 Å². The third kappa shape index (κ3) is 10.8. The normalized spacial score (nSPS) is 16.6. The van der Waals surface area contributed by atoms with Gasteiger partial charge in [0.2, 0.25) is 5.91 Å². The van der Waals surface area contributed by atoms with Gasteiger partial charge in [-0.15, -0.1) is 0 Å². The van der Waals surface area contributed by atoms with Crippen LogP contribution in [0.5, 0.6) is 0 Å². The van der Waals surface area contributed by atoms with E-state index in [-0.39, 0.29) is 12.5 Å². The maximum atomic E-state index is 12.7. The highest BCUT2D eigenvalue weighted by atomic mass is 16.5. The minimum absolute atomic E-state index is 0.262. The quantitative estimate of drug-likeness (QED) is 0.261. The Balaban J connectivity index is 0.000000658. The van der Waals surface area contributed by atoms with Crippen LogP contribution in [-0.4, -0.2) is 81.3 Å². The van der Waals surface area contributed by atoms with E-state index in [1.54, 1.807) is 13.8 Å². The van der Waals surface area contributed by atoms with Gasteiger partial charge in [-0.3, -0.25) is 14.9 Å². The first-order chi connectivity index (χ1) is 16.6. The lowest BCUT2D eigenvalue weighted by Crippen LogP contribution is -2.53. The number of hydrogen-bond donors (Lipinski definition) is 4. The Morgan fingerprint density at radius 1 is 1.09 bits per heavy atom. The average Bonchev–Trinajstić information content (AvgIpc) is 3.31. The smallest absolute Gasteiger partial charge is 0.328 e. The highest BCUT2D eigenvalue weighted by Crippen LogP contribution is 2.19. The Bertz CT molecular complexity index is 886. The Labute approximate surface area is 203 Å². The van der Waals surface area contributed by atoms with Crippen LogP contribution in [0.25, 0.3) is 0 Å². The van der Waals surface area contributed by atoms with Crippen molar-refractivity contribution in [1.82, 2.24) is 10.2 Å². The van der Waals surface area contributed by atoms with E-state index in [2.05, 4.69) is 5.32 Å². The molecule has 2 rings (SSSR count). The van der Waals surface area contributed by atoms with Crippen LogP contribution in [0.1, 0.15) is 38.7 Å². The van der Waals surface area contributed by atoms with Gasteiger partial charge in [0.05, 0.1) is 12.6 Å². The van der Waals surface area contributed by atoms with E-state index in [1.165, 1.54) is 4.90 Å². The maximum Gasteiger partial charge on any atom is 0.328 e. The van der Waals surface area contributed by atoms with Crippen molar-refractivity contribution in [1.29, 1.82) is 0 Å². The van der Waals surface area contributed by atoms with Crippen LogP contribution in [0.15, 0.2) is 42.5 Å². The molecule has 0 radical (unpaired) electrons. The average molecular weight is 493 g/mol. The van der Waals surface area contributed by atoms with Gasteiger partial charge in [-0.1, -0.05) is 30.3 Å². The molecule has 0 saturated carbocycles. The van der Waals surface area contributed by atoms with Crippen molar-refractivity contribution in [3.05, 3.63) is 48.0 Å². The molecule has 2 unspecified atom stereocenters. The van der Waals surface area contributed by atoms with Gasteiger partial charge in [0.15, 0.2) is 0 Å². The molecule has 1 aromatic rings. The van der Waals surface area contributed by atoms with Crippen molar-refractivity contribution < 1.29 is 44.0 Å². The molecule has 11 heteroatoms. The van der Waals surface area contributed by atoms with Crippen LogP contribution in [0.3, 0.4) is 0 Å². The second-order valence-electron chi connectivity index (χ2n) is 7.75.